The van der Waals surface area contributed by atoms with E-state index in [2.05, 4.69) is 41.3 Å². The first-order chi connectivity index (χ1) is 12.2. The second-order valence-electron chi connectivity index (χ2n) is 6.54. The molecule has 142 valence electrons. The Balaban J connectivity index is 0.00000243. The van der Waals surface area contributed by atoms with Gasteiger partial charge < -0.3 is 10.6 Å². The fourth-order valence-electron chi connectivity index (χ4n) is 2.92. The number of aromatic nitrogens is 2. The number of thioether (sulfide) groups is 1. The van der Waals surface area contributed by atoms with Gasteiger partial charge in [0.1, 0.15) is 0 Å². The Bertz CT molecular complexity index is 695. The lowest BCUT2D eigenvalue weighted by Gasteiger charge is -2.24. The summed E-state index contributed by atoms with van der Waals surface area (Å²) in [7, 11) is 0. The molecule has 1 aliphatic rings. The number of hydrogen-bond acceptors (Lipinski definition) is 3. The molecule has 1 unspecified atom stereocenters. The lowest BCUT2D eigenvalue weighted by atomic mass is 10.1. The van der Waals surface area contributed by atoms with Gasteiger partial charge >= 0.3 is 0 Å². The quantitative estimate of drug-likeness (QED) is 0.371. The van der Waals surface area contributed by atoms with Crippen LogP contribution < -0.4 is 10.6 Å². The molecule has 26 heavy (non-hydrogen) atoms. The summed E-state index contributed by atoms with van der Waals surface area (Å²) in [5, 5.41) is 11.4. The molecule has 7 heteroatoms. The van der Waals surface area contributed by atoms with Crippen LogP contribution in [0.3, 0.4) is 0 Å². The number of hydrogen-bond donors (Lipinski definition) is 2. The smallest absolute Gasteiger partial charge is 0.191 e. The summed E-state index contributed by atoms with van der Waals surface area (Å²) in [6.07, 6.45) is 4.57. The predicted octanol–water partition coefficient (Wildman–Crippen LogP) is 3.83. The summed E-state index contributed by atoms with van der Waals surface area (Å²) >= 11 is 2.06. The molecule has 1 atom stereocenters. The van der Waals surface area contributed by atoms with E-state index in [0.717, 1.165) is 30.4 Å². The van der Waals surface area contributed by atoms with E-state index in [-0.39, 0.29) is 24.0 Å². The summed E-state index contributed by atoms with van der Waals surface area (Å²) in [5.41, 5.74) is 2.02. The van der Waals surface area contributed by atoms with Crippen molar-refractivity contribution in [3.05, 3.63) is 48.3 Å². The van der Waals surface area contributed by atoms with Gasteiger partial charge in [0, 0.05) is 24.0 Å². The van der Waals surface area contributed by atoms with Gasteiger partial charge in [0.25, 0.3) is 0 Å². The highest BCUT2D eigenvalue weighted by Gasteiger charge is 2.29. The Morgan fingerprint density at radius 2 is 2.08 bits per heavy atom. The SMILES string of the molecule is CCNC(=NCc1ccn(-c2ccccc2)n1)NCC1(C)CCCS1.I. The Morgan fingerprint density at radius 1 is 1.27 bits per heavy atom. The molecule has 1 saturated heterocycles. The first-order valence-corrected chi connectivity index (χ1v) is 9.93. The lowest BCUT2D eigenvalue weighted by Crippen LogP contribution is -2.43. The van der Waals surface area contributed by atoms with E-state index in [0.29, 0.717) is 11.3 Å². The van der Waals surface area contributed by atoms with E-state index in [4.69, 9.17) is 4.99 Å². The minimum atomic E-state index is 0. The molecule has 0 spiro atoms. The average molecular weight is 485 g/mol. The van der Waals surface area contributed by atoms with Crippen molar-refractivity contribution >= 4 is 41.7 Å². The maximum absolute atomic E-state index is 4.69. The van der Waals surface area contributed by atoms with Crippen LogP contribution >= 0.6 is 35.7 Å². The number of aliphatic imine (C=N–C) groups is 1. The van der Waals surface area contributed by atoms with Crippen LogP contribution in [0.5, 0.6) is 0 Å². The largest absolute Gasteiger partial charge is 0.357 e. The van der Waals surface area contributed by atoms with E-state index in [9.17, 15) is 0 Å². The highest BCUT2D eigenvalue weighted by atomic mass is 127. The molecule has 2 aromatic rings. The minimum Gasteiger partial charge on any atom is -0.357 e. The van der Waals surface area contributed by atoms with Gasteiger partial charge in [-0.15, -0.1) is 24.0 Å². The molecule has 2 N–H and O–H groups in total. The van der Waals surface area contributed by atoms with E-state index < -0.39 is 0 Å². The van der Waals surface area contributed by atoms with E-state index >= 15 is 0 Å². The summed E-state index contributed by atoms with van der Waals surface area (Å²) in [4.78, 5) is 4.69. The van der Waals surface area contributed by atoms with Gasteiger partial charge in [-0.25, -0.2) is 9.67 Å². The number of guanidine groups is 1. The molecule has 1 aromatic carbocycles. The molecule has 1 aromatic heterocycles. The van der Waals surface area contributed by atoms with E-state index in [1.165, 1.54) is 18.6 Å². The molecule has 0 radical (unpaired) electrons. The van der Waals surface area contributed by atoms with Gasteiger partial charge in [-0.05, 0) is 50.6 Å². The number of benzene rings is 1. The highest BCUT2D eigenvalue weighted by Crippen LogP contribution is 2.36. The molecule has 5 nitrogen and oxygen atoms in total. The molecular weight excluding hydrogens is 457 g/mol. The van der Waals surface area contributed by atoms with Crippen molar-refractivity contribution in [1.82, 2.24) is 20.4 Å². The summed E-state index contributed by atoms with van der Waals surface area (Å²) in [6.45, 7) is 6.80. The molecule has 0 aliphatic carbocycles. The van der Waals surface area contributed by atoms with Crippen molar-refractivity contribution in [2.45, 2.75) is 38.0 Å². The van der Waals surface area contributed by atoms with E-state index in [1.807, 2.05) is 47.3 Å². The number of halogens is 1. The van der Waals surface area contributed by atoms with E-state index in [1.54, 1.807) is 0 Å². The molecular formula is C19H28IN5S. The first kappa shape index (κ1) is 21.1. The molecule has 1 aliphatic heterocycles. The molecule has 1 fully saturated rings. The van der Waals surface area contributed by atoms with Gasteiger partial charge in [0.05, 0.1) is 17.9 Å². The maximum Gasteiger partial charge on any atom is 0.191 e. The van der Waals surface area contributed by atoms with Crippen molar-refractivity contribution < 1.29 is 0 Å². The zero-order valence-electron chi connectivity index (χ0n) is 15.4. The molecule has 0 amide bonds. The fraction of sp³-hybridized carbons (Fsp3) is 0.474. The summed E-state index contributed by atoms with van der Waals surface area (Å²) in [5.74, 6) is 2.13. The Morgan fingerprint density at radius 3 is 2.77 bits per heavy atom. The van der Waals surface area contributed by atoms with Crippen LogP contribution in [0.15, 0.2) is 47.6 Å². The van der Waals surface area contributed by atoms with Crippen LogP contribution in [0, 0.1) is 0 Å². The Labute approximate surface area is 177 Å². The van der Waals surface area contributed by atoms with Gasteiger partial charge in [-0.3, -0.25) is 0 Å². The zero-order chi connectivity index (χ0) is 17.5. The van der Waals surface area contributed by atoms with Gasteiger partial charge in [0.15, 0.2) is 5.96 Å². The third-order valence-corrected chi connectivity index (χ3v) is 5.88. The van der Waals surface area contributed by atoms with Crippen LogP contribution in [0.1, 0.15) is 32.4 Å². The second-order valence-corrected chi connectivity index (χ2v) is 8.22. The zero-order valence-corrected chi connectivity index (χ0v) is 18.6. The van der Waals surface area contributed by atoms with Crippen molar-refractivity contribution in [3.63, 3.8) is 0 Å². The van der Waals surface area contributed by atoms with Crippen LogP contribution in [0.4, 0.5) is 0 Å². The summed E-state index contributed by atoms with van der Waals surface area (Å²) in [6, 6.07) is 12.2. The number of rotatable bonds is 6. The second kappa shape index (κ2) is 10.2. The third-order valence-electron chi connectivity index (χ3n) is 4.34. The molecule has 0 bridgehead atoms. The highest BCUT2D eigenvalue weighted by molar-refractivity contribution is 14.0. The summed E-state index contributed by atoms with van der Waals surface area (Å²) < 4.78 is 2.21. The normalized spacial score (nSPS) is 19.8. The molecule has 0 saturated carbocycles. The molecule has 2 heterocycles. The van der Waals surface area contributed by atoms with Crippen molar-refractivity contribution in [1.29, 1.82) is 0 Å². The van der Waals surface area contributed by atoms with Crippen molar-refractivity contribution in [2.75, 3.05) is 18.8 Å². The first-order valence-electron chi connectivity index (χ1n) is 8.95. The third kappa shape index (κ3) is 5.90. The van der Waals surface area contributed by atoms with Crippen molar-refractivity contribution in [3.8, 4) is 5.69 Å². The maximum atomic E-state index is 4.69. The molecule has 3 rings (SSSR count). The minimum absolute atomic E-state index is 0. The lowest BCUT2D eigenvalue weighted by molar-refractivity contribution is 0.584. The van der Waals surface area contributed by atoms with Crippen molar-refractivity contribution in [2.24, 2.45) is 4.99 Å². The van der Waals surface area contributed by atoms with Crippen LogP contribution in [-0.2, 0) is 6.54 Å². The van der Waals surface area contributed by atoms with Gasteiger partial charge in [-0.2, -0.15) is 16.9 Å². The number of nitrogens with zero attached hydrogens (tertiary/aromatic N) is 3. The van der Waals surface area contributed by atoms with Crippen LogP contribution in [0.25, 0.3) is 5.69 Å². The fourth-order valence-corrected chi connectivity index (χ4v) is 4.16. The van der Waals surface area contributed by atoms with Crippen LogP contribution in [0.2, 0.25) is 0 Å². The van der Waals surface area contributed by atoms with Gasteiger partial charge in [0.2, 0.25) is 0 Å². The number of nitrogens with one attached hydrogen (secondary N) is 2. The average Bonchev–Trinajstić information content (AvgIpc) is 3.28. The van der Waals surface area contributed by atoms with Crippen LogP contribution in [-0.4, -0.2) is 39.3 Å². The predicted molar refractivity (Wildman–Crippen MR) is 122 cm³/mol. The topological polar surface area (TPSA) is 54.2 Å². The number of para-hydroxylation sites is 1. The standard InChI is InChI=1S/C19H27N5S.HI/c1-3-20-18(22-15-19(2)11-7-13-25-19)21-14-16-10-12-24(23-16)17-8-5-4-6-9-17;/h4-6,8-10,12H,3,7,11,13-15H2,1-2H3,(H2,20,21,22);1H. The Hall–Kier alpha value is -1.22. The monoisotopic (exact) mass is 485 g/mol. The van der Waals surface area contributed by atoms with Gasteiger partial charge in [-0.1, -0.05) is 18.2 Å². The Kier molecular flexibility index (Phi) is 8.27.